The van der Waals surface area contributed by atoms with Crippen molar-refractivity contribution < 1.29 is 4.74 Å². The topological polar surface area (TPSA) is 45.7 Å². The molecule has 0 atom stereocenters. The molecule has 1 rings (SSSR count). The van der Waals surface area contributed by atoms with E-state index in [0.717, 1.165) is 17.0 Å². The second kappa shape index (κ2) is 10.4. The number of nitrogens with one attached hydrogen (secondary N) is 2. The molecule has 0 saturated heterocycles. The summed E-state index contributed by atoms with van der Waals surface area (Å²) in [7, 11) is 1.72. The molecule has 0 fully saturated rings. The van der Waals surface area contributed by atoms with Crippen LogP contribution in [-0.4, -0.2) is 31.8 Å². The van der Waals surface area contributed by atoms with E-state index in [1.807, 2.05) is 19.9 Å². The van der Waals surface area contributed by atoms with Crippen LogP contribution in [-0.2, 0) is 11.3 Å². The van der Waals surface area contributed by atoms with Crippen LogP contribution in [0, 0.1) is 6.92 Å². The molecule has 0 aliphatic heterocycles. The number of ether oxygens (including phenoxy) is 1. The first-order chi connectivity index (χ1) is 9.88. The first-order valence-corrected chi connectivity index (χ1v) is 7.99. The minimum absolute atomic E-state index is 0. The molecule has 0 unspecified atom stereocenters. The van der Waals surface area contributed by atoms with Crippen molar-refractivity contribution in [2.75, 3.05) is 20.2 Å². The number of hydrogen-bond donors (Lipinski definition) is 2. The number of benzene rings is 1. The Morgan fingerprint density at radius 3 is 2.55 bits per heavy atom. The number of methoxy groups -OCH3 is 1. The van der Waals surface area contributed by atoms with Crippen molar-refractivity contribution in [3.05, 3.63) is 33.8 Å². The van der Waals surface area contributed by atoms with E-state index in [1.54, 1.807) is 7.11 Å². The third-order valence-corrected chi connectivity index (χ3v) is 3.78. The van der Waals surface area contributed by atoms with Crippen molar-refractivity contribution in [3.63, 3.8) is 0 Å². The third kappa shape index (κ3) is 7.78. The van der Waals surface area contributed by atoms with Gasteiger partial charge in [0.25, 0.3) is 0 Å². The molecule has 0 aliphatic carbocycles. The highest BCUT2D eigenvalue weighted by Gasteiger charge is 2.16. The number of aliphatic imine (C=N–C) groups is 1. The second-order valence-electron chi connectivity index (χ2n) is 5.58. The number of halogens is 2. The van der Waals surface area contributed by atoms with E-state index in [-0.39, 0.29) is 29.6 Å². The molecular formula is C16H27BrIN3O. The van der Waals surface area contributed by atoms with E-state index in [4.69, 9.17) is 4.74 Å². The molecule has 0 heterocycles. The summed E-state index contributed by atoms with van der Waals surface area (Å²) in [5, 5.41) is 6.57. The van der Waals surface area contributed by atoms with Crippen molar-refractivity contribution in [2.24, 2.45) is 4.99 Å². The lowest BCUT2D eigenvalue weighted by atomic mass is 10.1. The molecule has 0 radical (unpaired) electrons. The van der Waals surface area contributed by atoms with Crippen LogP contribution in [0.3, 0.4) is 0 Å². The fourth-order valence-corrected chi connectivity index (χ4v) is 2.19. The largest absolute Gasteiger partial charge is 0.377 e. The number of rotatable bonds is 6. The van der Waals surface area contributed by atoms with Gasteiger partial charge in [-0.15, -0.1) is 24.0 Å². The van der Waals surface area contributed by atoms with Gasteiger partial charge in [-0.05, 0) is 51.0 Å². The number of nitrogens with zero attached hydrogens (tertiary/aromatic N) is 1. The summed E-state index contributed by atoms with van der Waals surface area (Å²) in [5.41, 5.74) is 2.24. The van der Waals surface area contributed by atoms with E-state index in [9.17, 15) is 0 Å². The molecule has 126 valence electrons. The molecule has 1 aromatic rings. The van der Waals surface area contributed by atoms with Crippen LogP contribution in [0.15, 0.2) is 27.7 Å². The van der Waals surface area contributed by atoms with E-state index in [2.05, 4.69) is 57.5 Å². The van der Waals surface area contributed by atoms with E-state index >= 15 is 0 Å². The van der Waals surface area contributed by atoms with Gasteiger partial charge in [-0.3, -0.25) is 0 Å². The van der Waals surface area contributed by atoms with Crippen molar-refractivity contribution in [1.82, 2.24) is 10.6 Å². The fourth-order valence-electron chi connectivity index (χ4n) is 1.71. The van der Waals surface area contributed by atoms with Crippen LogP contribution >= 0.6 is 39.9 Å². The quantitative estimate of drug-likeness (QED) is 0.367. The van der Waals surface area contributed by atoms with Gasteiger partial charge in [0, 0.05) is 24.7 Å². The first kappa shape index (κ1) is 21.7. The van der Waals surface area contributed by atoms with Crippen LogP contribution in [0.2, 0.25) is 0 Å². The summed E-state index contributed by atoms with van der Waals surface area (Å²) < 4.78 is 6.51. The van der Waals surface area contributed by atoms with Crippen LogP contribution in [0.25, 0.3) is 0 Å². The minimum Gasteiger partial charge on any atom is -0.377 e. The molecule has 0 saturated carbocycles. The van der Waals surface area contributed by atoms with Gasteiger partial charge in [-0.1, -0.05) is 22.0 Å². The van der Waals surface area contributed by atoms with Crippen LogP contribution in [0.5, 0.6) is 0 Å². The molecule has 2 N–H and O–H groups in total. The van der Waals surface area contributed by atoms with E-state index < -0.39 is 0 Å². The maximum absolute atomic E-state index is 5.41. The van der Waals surface area contributed by atoms with Gasteiger partial charge in [-0.2, -0.15) is 0 Å². The van der Waals surface area contributed by atoms with Crippen molar-refractivity contribution >= 4 is 45.9 Å². The number of aryl methyl sites for hydroxylation is 1. The zero-order chi connectivity index (χ0) is 15.9. The molecule has 0 spiro atoms. The average molecular weight is 484 g/mol. The molecule has 0 aliphatic rings. The van der Waals surface area contributed by atoms with Gasteiger partial charge in [0.2, 0.25) is 0 Å². The Labute approximate surface area is 159 Å². The van der Waals surface area contributed by atoms with Crippen molar-refractivity contribution in [1.29, 1.82) is 0 Å². The van der Waals surface area contributed by atoms with E-state index in [0.29, 0.717) is 13.1 Å². The maximum atomic E-state index is 5.41. The highest BCUT2D eigenvalue weighted by molar-refractivity contribution is 14.0. The zero-order valence-electron chi connectivity index (χ0n) is 14.0. The van der Waals surface area contributed by atoms with Crippen molar-refractivity contribution in [3.8, 4) is 0 Å². The third-order valence-electron chi connectivity index (χ3n) is 3.29. The summed E-state index contributed by atoms with van der Waals surface area (Å²) in [5.74, 6) is 0.810. The van der Waals surface area contributed by atoms with Crippen molar-refractivity contribution in [2.45, 2.75) is 39.8 Å². The highest BCUT2D eigenvalue weighted by Crippen LogP contribution is 2.16. The second-order valence-corrected chi connectivity index (χ2v) is 6.50. The normalized spacial score (nSPS) is 11.8. The first-order valence-electron chi connectivity index (χ1n) is 7.20. The monoisotopic (exact) mass is 483 g/mol. The number of guanidine groups is 1. The Kier molecular flexibility index (Phi) is 10.3. The molecule has 4 nitrogen and oxygen atoms in total. The standard InChI is InChI=1S/C16H26BrN3O.HI/c1-6-18-15(20-11-16(3,4)21-5)19-10-13-7-8-14(17)9-12(13)2;/h7-9H,6,10-11H2,1-5H3,(H2,18,19,20);1H. The molecule has 6 heteroatoms. The Bertz CT molecular complexity index is 492. The lowest BCUT2D eigenvalue weighted by Crippen LogP contribution is -2.45. The summed E-state index contributed by atoms with van der Waals surface area (Å²) in [6, 6.07) is 6.26. The Hall–Kier alpha value is -0.340. The van der Waals surface area contributed by atoms with Crippen LogP contribution in [0.1, 0.15) is 31.9 Å². The predicted molar refractivity (Wildman–Crippen MR) is 108 cm³/mol. The smallest absolute Gasteiger partial charge is 0.191 e. The highest BCUT2D eigenvalue weighted by atomic mass is 127. The van der Waals surface area contributed by atoms with Gasteiger partial charge in [0.1, 0.15) is 0 Å². The van der Waals surface area contributed by atoms with Gasteiger partial charge >= 0.3 is 0 Å². The minimum atomic E-state index is -0.219. The van der Waals surface area contributed by atoms with Gasteiger partial charge in [0.15, 0.2) is 5.96 Å². The summed E-state index contributed by atoms with van der Waals surface area (Å²) in [6.45, 7) is 10.4. The number of hydrogen-bond acceptors (Lipinski definition) is 2. The maximum Gasteiger partial charge on any atom is 0.191 e. The van der Waals surface area contributed by atoms with Crippen LogP contribution in [0.4, 0.5) is 0 Å². The molecule has 1 aromatic carbocycles. The SMILES string of the molecule is CCNC(=NCc1ccc(Br)cc1C)NCC(C)(C)OC.I. The predicted octanol–water partition coefficient (Wildman–Crippen LogP) is 3.86. The fraction of sp³-hybridized carbons (Fsp3) is 0.562. The van der Waals surface area contributed by atoms with Gasteiger partial charge in [-0.25, -0.2) is 4.99 Å². The zero-order valence-corrected chi connectivity index (χ0v) is 17.9. The Morgan fingerprint density at radius 1 is 1.32 bits per heavy atom. The molecule has 0 bridgehead atoms. The van der Waals surface area contributed by atoms with E-state index in [1.165, 1.54) is 11.1 Å². The Morgan fingerprint density at radius 2 is 2.00 bits per heavy atom. The average Bonchev–Trinajstić information content (AvgIpc) is 2.43. The van der Waals surface area contributed by atoms with Gasteiger partial charge in [0.05, 0.1) is 12.1 Å². The van der Waals surface area contributed by atoms with Crippen LogP contribution < -0.4 is 10.6 Å². The lowest BCUT2D eigenvalue weighted by Gasteiger charge is -2.24. The molecule has 0 aromatic heterocycles. The summed E-state index contributed by atoms with van der Waals surface area (Å²) in [6.07, 6.45) is 0. The molecule has 0 amide bonds. The lowest BCUT2D eigenvalue weighted by molar-refractivity contribution is 0.0268. The summed E-state index contributed by atoms with van der Waals surface area (Å²) in [4.78, 5) is 4.64. The molecule has 22 heavy (non-hydrogen) atoms. The van der Waals surface area contributed by atoms with Gasteiger partial charge < -0.3 is 15.4 Å². The summed E-state index contributed by atoms with van der Waals surface area (Å²) >= 11 is 3.48. The Balaban J connectivity index is 0.00000441. The molecular weight excluding hydrogens is 457 g/mol.